The second kappa shape index (κ2) is 4.90. The zero-order valence-corrected chi connectivity index (χ0v) is 12.1. The number of amides is 1. The molecular weight excluding hydrogens is 326 g/mol. The molecule has 1 atom stereocenters. The molecule has 1 amide bonds. The minimum absolute atomic E-state index is 0.0263. The third kappa shape index (κ3) is 1.98. The van der Waals surface area contributed by atoms with Crippen molar-refractivity contribution in [3.8, 4) is 0 Å². The third-order valence-corrected chi connectivity index (χ3v) is 4.43. The van der Waals surface area contributed by atoms with E-state index in [1.54, 1.807) is 23.1 Å². The first-order valence-electron chi connectivity index (χ1n) is 6.22. The topological polar surface area (TPSA) is 86.0 Å². The van der Waals surface area contributed by atoms with Crippen LogP contribution < -0.4 is 16.0 Å². The smallest absolute Gasteiger partial charge is 0.272 e. The summed E-state index contributed by atoms with van der Waals surface area (Å²) in [5.41, 5.74) is -0.265. The predicted octanol–water partition coefficient (Wildman–Crippen LogP) is 0.964. The average molecular weight is 338 g/mol. The monoisotopic (exact) mass is 337 g/mol. The SMILES string of the molecule is O=C1CC(CBr)CN1c1cccc2c(=O)[nH][nH]c(=O)c12. The molecule has 1 aliphatic heterocycles. The molecule has 2 heterocycles. The Kier molecular flexibility index (Phi) is 3.21. The number of halogens is 1. The maximum atomic E-state index is 12.1. The van der Waals surface area contributed by atoms with Crippen LogP contribution in [0.3, 0.4) is 0 Å². The van der Waals surface area contributed by atoms with Crippen LogP contribution in [0.15, 0.2) is 27.8 Å². The van der Waals surface area contributed by atoms with Gasteiger partial charge < -0.3 is 4.90 Å². The number of benzene rings is 1. The average Bonchev–Trinajstić information content (AvgIpc) is 2.83. The van der Waals surface area contributed by atoms with E-state index in [-0.39, 0.29) is 22.8 Å². The molecule has 6 nitrogen and oxygen atoms in total. The van der Waals surface area contributed by atoms with Gasteiger partial charge in [-0.25, -0.2) is 0 Å². The molecule has 1 saturated heterocycles. The van der Waals surface area contributed by atoms with Crippen LogP contribution >= 0.6 is 15.9 Å². The molecule has 20 heavy (non-hydrogen) atoms. The molecule has 0 aliphatic carbocycles. The Hall–Kier alpha value is -1.89. The van der Waals surface area contributed by atoms with E-state index in [2.05, 4.69) is 26.1 Å². The molecule has 0 saturated carbocycles. The van der Waals surface area contributed by atoms with E-state index in [0.717, 1.165) is 5.33 Å². The number of H-pyrrole nitrogens is 2. The fourth-order valence-electron chi connectivity index (χ4n) is 2.55. The van der Waals surface area contributed by atoms with Gasteiger partial charge in [-0.05, 0) is 18.1 Å². The van der Waals surface area contributed by atoms with Crippen LogP contribution in [0.4, 0.5) is 5.69 Å². The minimum atomic E-state index is -0.398. The van der Waals surface area contributed by atoms with Crippen molar-refractivity contribution < 1.29 is 4.79 Å². The second-order valence-electron chi connectivity index (χ2n) is 4.84. The van der Waals surface area contributed by atoms with Crippen molar-refractivity contribution in [2.45, 2.75) is 6.42 Å². The van der Waals surface area contributed by atoms with Gasteiger partial charge in [0.15, 0.2) is 0 Å². The highest BCUT2D eigenvalue weighted by Gasteiger charge is 2.31. The van der Waals surface area contributed by atoms with Crippen LogP contribution in [0, 0.1) is 5.92 Å². The van der Waals surface area contributed by atoms with Crippen molar-refractivity contribution in [3.63, 3.8) is 0 Å². The number of aromatic nitrogens is 2. The molecule has 0 spiro atoms. The lowest BCUT2D eigenvalue weighted by Crippen LogP contribution is -2.28. The Morgan fingerprint density at radius 1 is 1.20 bits per heavy atom. The van der Waals surface area contributed by atoms with Crippen LogP contribution in [0.2, 0.25) is 0 Å². The third-order valence-electron chi connectivity index (χ3n) is 3.52. The Labute approximate surface area is 121 Å². The van der Waals surface area contributed by atoms with Crippen molar-refractivity contribution in [2.75, 3.05) is 16.8 Å². The summed E-state index contributed by atoms with van der Waals surface area (Å²) >= 11 is 3.38. The minimum Gasteiger partial charge on any atom is -0.311 e. The summed E-state index contributed by atoms with van der Waals surface area (Å²) in [6.45, 7) is 0.551. The van der Waals surface area contributed by atoms with Crippen LogP contribution in [0.25, 0.3) is 10.8 Å². The van der Waals surface area contributed by atoms with E-state index in [0.29, 0.717) is 24.0 Å². The number of aromatic amines is 2. The molecule has 7 heteroatoms. The van der Waals surface area contributed by atoms with Crippen molar-refractivity contribution in [1.82, 2.24) is 10.2 Å². The van der Waals surface area contributed by atoms with Crippen LogP contribution in [0.5, 0.6) is 0 Å². The molecule has 1 unspecified atom stereocenters. The first-order chi connectivity index (χ1) is 9.61. The summed E-state index contributed by atoms with van der Waals surface area (Å²) in [5, 5.41) is 5.88. The molecule has 2 N–H and O–H groups in total. The number of rotatable bonds is 2. The lowest BCUT2D eigenvalue weighted by Gasteiger charge is -2.17. The Morgan fingerprint density at radius 2 is 1.95 bits per heavy atom. The molecule has 104 valence electrons. The van der Waals surface area contributed by atoms with Gasteiger partial charge in [-0.2, -0.15) is 0 Å². The second-order valence-corrected chi connectivity index (χ2v) is 5.48. The van der Waals surface area contributed by atoms with Crippen molar-refractivity contribution in [2.24, 2.45) is 5.92 Å². The molecule has 1 aliphatic rings. The summed E-state index contributed by atoms with van der Waals surface area (Å²) in [7, 11) is 0. The Bertz CT molecular complexity index is 795. The van der Waals surface area contributed by atoms with Gasteiger partial charge in [-0.3, -0.25) is 24.6 Å². The molecule has 0 radical (unpaired) electrons. The molecule has 3 rings (SSSR count). The maximum Gasteiger partial charge on any atom is 0.272 e. The van der Waals surface area contributed by atoms with E-state index < -0.39 is 5.56 Å². The van der Waals surface area contributed by atoms with Gasteiger partial charge in [0.25, 0.3) is 11.1 Å². The van der Waals surface area contributed by atoms with Gasteiger partial charge >= 0.3 is 0 Å². The standard InChI is InChI=1S/C13H12BrN3O3/c14-5-7-4-10(18)17(6-7)9-3-1-2-8-11(9)13(20)16-15-12(8)19/h1-3,7H,4-6H2,(H,15,19)(H,16,20). The highest BCUT2D eigenvalue weighted by molar-refractivity contribution is 9.09. The van der Waals surface area contributed by atoms with E-state index >= 15 is 0 Å². The van der Waals surface area contributed by atoms with Gasteiger partial charge in [0.2, 0.25) is 5.91 Å². The number of hydrogen-bond donors (Lipinski definition) is 2. The van der Waals surface area contributed by atoms with Gasteiger partial charge in [-0.1, -0.05) is 22.0 Å². The summed E-state index contributed by atoms with van der Waals surface area (Å²) < 4.78 is 0. The largest absolute Gasteiger partial charge is 0.311 e. The van der Waals surface area contributed by atoms with Crippen molar-refractivity contribution >= 4 is 38.3 Å². The normalized spacial score (nSPS) is 18.9. The number of carbonyl (C=O) groups excluding carboxylic acids is 1. The lowest BCUT2D eigenvalue weighted by atomic mass is 10.1. The van der Waals surface area contributed by atoms with Gasteiger partial charge in [0.05, 0.1) is 16.5 Å². The van der Waals surface area contributed by atoms with Crippen molar-refractivity contribution in [1.29, 1.82) is 0 Å². The number of fused-ring (bicyclic) bond motifs is 1. The van der Waals surface area contributed by atoms with E-state index in [1.807, 2.05) is 0 Å². The number of carbonyl (C=O) groups is 1. The maximum absolute atomic E-state index is 12.1. The Morgan fingerprint density at radius 3 is 2.65 bits per heavy atom. The Balaban J connectivity index is 2.23. The number of anilines is 1. The van der Waals surface area contributed by atoms with E-state index in [1.165, 1.54) is 0 Å². The summed E-state index contributed by atoms with van der Waals surface area (Å²) in [4.78, 5) is 37.4. The zero-order valence-electron chi connectivity index (χ0n) is 10.5. The molecule has 0 bridgehead atoms. The molecule has 1 aromatic carbocycles. The number of alkyl halides is 1. The molecule has 2 aromatic rings. The lowest BCUT2D eigenvalue weighted by molar-refractivity contribution is -0.117. The van der Waals surface area contributed by atoms with Gasteiger partial charge in [0, 0.05) is 18.3 Å². The molecule has 1 fully saturated rings. The van der Waals surface area contributed by atoms with E-state index in [4.69, 9.17) is 0 Å². The zero-order chi connectivity index (χ0) is 14.3. The van der Waals surface area contributed by atoms with Crippen LogP contribution in [-0.4, -0.2) is 28.0 Å². The highest BCUT2D eigenvalue weighted by atomic mass is 79.9. The fraction of sp³-hybridized carbons (Fsp3) is 0.308. The molecular formula is C13H12BrN3O3. The summed E-state index contributed by atoms with van der Waals surface area (Å²) in [6.07, 6.45) is 0.447. The number of nitrogens with one attached hydrogen (secondary N) is 2. The van der Waals surface area contributed by atoms with Gasteiger partial charge in [0.1, 0.15) is 0 Å². The molecule has 1 aromatic heterocycles. The quantitative estimate of drug-likeness (QED) is 0.800. The first kappa shape index (κ1) is 13.1. The summed E-state index contributed by atoms with van der Waals surface area (Å²) in [5.74, 6) is 0.195. The van der Waals surface area contributed by atoms with Crippen LogP contribution in [-0.2, 0) is 4.79 Å². The van der Waals surface area contributed by atoms with Crippen molar-refractivity contribution in [3.05, 3.63) is 38.9 Å². The fourth-order valence-corrected chi connectivity index (χ4v) is 2.99. The van der Waals surface area contributed by atoms with Crippen LogP contribution in [0.1, 0.15) is 6.42 Å². The van der Waals surface area contributed by atoms with E-state index in [9.17, 15) is 14.4 Å². The number of nitrogens with zero attached hydrogens (tertiary/aromatic N) is 1. The highest BCUT2D eigenvalue weighted by Crippen LogP contribution is 2.29. The summed E-state index contributed by atoms with van der Waals surface area (Å²) in [6, 6.07) is 4.96. The first-order valence-corrected chi connectivity index (χ1v) is 7.34. The number of hydrogen-bond acceptors (Lipinski definition) is 3. The van der Waals surface area contributed by atoms with Gasteiger partial charge in [-0.15, -0.1) is 0 Å². The predicted molar refractivity (Wildman–Crippen MR) is 79.4 cm³/mol.